The Bertz CT molecular complexity index is 1600. The second kappa shape index (κ2) is 14.0. The molecule has 10 nitrogen and oxygen atoms in total. The Hall–Kier alpha value is -4.67. The monoisotopic (exact) mass is 611 g/mol. The summed E-state index contributed by atoms with van der Waals surface area (Å²) in [6, 6.07) is 23.0. The summed E-state index contributed by atoms with van der Waals surface area (Å²) < 4.78 is 11.8. The minimum atomic E-state index is -0.517. The predicted octanol–water partition coefficient (Wildman–Crippen LogP) is 5.95. The second-order valence-corrected chi connectivity index (χ2v) is 11.8. The van der Waals surface area contributed by atoms with Gasteiger partial charge in [0.25, 0.3) is 5.91 Å². The van der Waals surface area contributed by atoms with Crippen LogP contribution in [0.15, 0.2) is 77.3 Å². The van der Waals surface area contributed by atoms with Gasteiger partial charge in [0.1, 0.15) is 17.5 Å². The molecule has 0 spiro atoms. The van der Waals surface area contributed by atoms with Crippen molar-refractivity contribution in [2.45, 2.75) is 46.4 Å². The van der Waals surface area contributed by atoms with Gasteiger partial charge in [-0.1, -0.05) is 72.7 Å². The lowest BCUT2D eigenvalue weighted by Crippen LogP contribution is -2.49. The van der Waals surface area contributed by atoms with Crippen LogP contribution >= 0.6 is 0 Å². The summed E-state index contributed by atoms with van der Waals surface area (Å²) in [7, 11) is 2.04. The third-order valence-electron chi connectivity index (χ3n) is 8.22. The van der Waals surface area contributed by atoms with Crippen LogP contribution in [-0.4, -0.2) is 70.9 Å². The van der Waals surface area contributed by atoms with E-state index in [-0.39, 0.29) is 24.5 Å². The smallest absolute Gasteiger partial charge is 0.323 e. The summed E-state index contributed by atoms with van der Waals surface area (Å²) in [6.45, 7) is 8.83. The number of nitrogens with one attached hydrogen (secondary N) is 2. The van der Waals surface area contributed by atoms with E-state index in [0.717, 1.165) is 5.56 Å². The number of urea groups is 1. The van der Waals surface area contributed by atoms with Crippen LogP contribution < -0.4 is 15.4 Å². The van der Waals surface area contributed by atoms with Gasteiger partial charge in [-0.05, 0) is 56.6 Å². The van der Waals surface area contributed by atoms with Crippen LogP contribution in [0, 0.1) is 19.8 Å². The van der Waals surface area contributed by atoms with Crippen molar-refractivity contribution in [3.05, 3.63) is 95.4 Å². The molecule has 1 aliphatic rings. The maximum atomic E-state index is 13.8. The highest BCUT2D eigenvalue weighted by Crippen LogP contribution is 2.35. The highest BCUT2D eigenvalue weighted by molar-refractivity contribution is 6.04. The van der Waals surface area contributed by atoms with Gasteiger partial charge in [-0.15, -0.1) is 0 Å². The minimum Gasteiger partial charge on any atom is -0.486 e. The number of fused-ring (bicyclic) bond motifs is 1. The fourth-order valence-electron chi connectivity index (χ4n) is 5.60. The van der Waals surface area contributed by atoms with Crippen LogP contribution in [-0.2, 0) is 6.54 Å². The number of aliphatic hydroxyl groups is 1. The van der Waals surface area contributed by atoms with E-state index in [1.54, 1.807) is 36.9 Å². The van der Waals surface area contributed by atoms with Crippen LogP contribution in [0.3, 0.4) is 0 Å². The second-order valence-electron chi connectivity index (χ2n) is 11.8. The van der Waals surface area contributed by atoms with Gasteiger partial charge in [0, 0.05) is 25.6 Å². The standard InChI is InChI=1S/C35H41N5O5/c1-22-18-40(23(2)21-41)34(42)29-12-9-13-30(36-35(43)37-32-24(3)38-45-25(32)4)33(29)44-31(22)20-39(5)19-26-14-16-28(17-15-26)27-10-7-6-8-11-27/h6-17,22-23,31,41H,18-21H2,1-5H3,(H2,36,37,43)/t22-,23-,31-/m0/s1. The first-order chi connectivity index (χ1) is 21.6. The van der Waals surface area contributed by atoms with Crippen LogP contribution in [0.5, 0.6) is 5.75 Å². The summed E-state index contributed by atoms with van der Waals surface area (Å²) in [5, 5.41) is 19.5. The maximum Gasteiger partial charge on any atom is 0.323 e. The first-order valence-corrected chi connectivity index (χ1v) is 15.2. The van der Waals surface area contributed by atoms with Gasteiger partial charge < -0.3 is 29.9 Å². The first kappa shape index (κ1) is 31.7. The van der Waals surface area contributed by atoms with Crippen molar-refractivity contribution >= 4 is 23.3 Å². The molecule has 0 saturated carbocycles. The Labute approximate surface area is 264 Å². The number of carbonyl (C=O) groups is 2. The highest BCUT2D eigenvalue weighted by Gasteiger charge is 2.34. The van der Waals surface area contributed by atoms with Gasteiger partial charge in [-0.25, -0.2) is 4.79 Å². The van der Waals surface area contributed by atoms with Crippen LogP contribution in [0.1, 0.15) is 41.2 Å². The zero-order valence-electron chi connectivity index (χ0n) is 26.4. The zero-order valence-corrected chi connectivity index (χ0v) is 26.4. The molecule has 1 aliphatic heterocycles. The lowest BCUT2D eigenvalue weighted by atomic mass is 9.98. The number of aliphatic hydroxyl groups excluding tert-OH is 1. The number of aromatic nitrogens is 1. The van der Waals surface area contributed by atoms with E-state index in [0.29, 0.717) is 53.8 Å². The number of carbonyl (C=O) groups excluding carboxylic acids is 2. The quantitative estimate of drug-likeness (QED) is 0.214. The Balaban J connectivity index is 1.38. The third-order valence-corrected chi connectivity index (χ3v) is 8.22. The van der Waals surface area contributed by atoms with E-state index >= 15 is 0 Å². The zero-order chi connectivity index (χ0) is 32.1. The van der Waals surface area contributed by atoms with Crippen molar-refractivity contribution in [2.75, 3.05) is 37.4 Å². The van der Waals surface area contributed by atoms with E-state index < -0.39 is 12.1 Å². The number of benzene rings is 3. The van der Waals surface area contributed by atoms with Crippen molar-refractivity contribution in [3.8, 4) is 16.9 Å². The number of hydrogen-bond donors (Lipinski definition) is 3. The largest absolute Gasteiger partial charge is 0.486 e. The van der Waals surface area contributed by atoms with E-state index in [1.165, 1.54) is 11.1 Å². The predicted molar refractivity (Wildman–Crippen MR) is 174 cm³/mol. The SMILES string of the molecule is Cc1noc(C)c1NC(=O)Nc1cccc2c1O[C@@H](CN(C)Cc1ccc(-c3ccccc3)cc1)[C@@H](C)CN([C@@H](C)CO)C2=O. The number of nitrogens with zero attached hydrogens (tertiary/aromatic N) is 3. The Morgan fingerprint density at radius 2 is 1.76 bits per heavy atom. The number of amides is 3. The van der Waals surface area contributed by atoms with Gasteiger partial charge in [-0.3, -0.25) is 9.69 Å². The van der Waals surface area contributed by atoms with Crippen LogP contribution in [0.25, 0.3) is 11.1 Å². The minimum absolute atomic E-state index is 0.0804. The average Bonchev–Trinajstić information content (AvgIpc) is 3.35. The Morgan fingerprint density at radius 1 is 1.04 bits per heavy atom. The van der Waals surface area contributed by atoms with Crippen molar-refractivity contribution < 1.29 is 24.0 Å². The molecule has 0 saturated heterocycles. The lowest BCUT2D eigenvalue weighted by molar-refractivity contribution is 0.0343. The number of hydrogen-bond acceptors (Lipinski definition) is 7. The van der Waals surface area contributed by atoms with E-state index in [4.69, 9.17) is 9.26 Å². The van der Waals surface area contributed by atoms with Crippen molar-refractivity contribution in [2.24, 2.45) is 5.92 Å². The third kappa shape index (κ3) is 7.35. The Kier molecular flexibility index (Phi) is 9.85. The number of rotatable bonds is 9. The molecule has 0 bridgehead atoms. The molecule has 0 unspecified atom stereocenters. The summed E-state index contributed by atoms with van der Waals surface area (Å²) in [4.78, 5) is 30.8. The highest BCUT2D eigenvalue weighted by atomic mass is 16.5. The van der Waals surface area contributed by atoms with Gasteiger partial charge in [0.2, 0.25) is 0 Å². The van der Waals surface area contributed by atoms with Crippen LogP contribution in [0.4, 0.5) is 16.2 Å². The van der Waals surface area contributed by atoms with Crippen molar-refractivity contribution in [1.82, 2.24) is 15.0 Å². The summed E-state index contributed by atoms with van der Waals surface area (Å²) >= 11 is 0. The van der Waals surface area contributed by atoms with Gasteiger partial charge >= 0.3 is 6.03 Å². The maximum absolute atomic E-state index is 13.8. The van der Waals surface area contributed by atoms with Crippen molar-refractivity contribution in [1.29, 1.82) is 0 Å². The van der Waals surface area contributed by atoms with Crippen LogP contribution in [0.2, 0.25) is 0 Å². The molecule has 0 fully saturated rings. The van der Waals surface area contributed by atoms with E-state index in [2.05, 4.69) is 57.1 Å². The number of ether oxygens (including phenoxy) is 1. The first-order valence-electron chi connectivity index (χ1n) is 15.2. The molecule has 3 amide bonds. The van der Waals surface area contributed by atoms with Gasteiger partial charge in [0.05, 0.1) is 23.9 Å². The number of aryl methyl sites for hydroxylation is 2. The summed E-state index contributed by atoms with van der Waals surface area (Å²) in [5.74, 6) is 0.433. The number of para-hydroxylation sites is 1. The molecule has 0 aliphatic carbocycles. The number of anilines is 2. The lowest BCUT2D eigenvalue weighted by Gasteiger charge is -2.38. The van der Waals surface area contributed by atoms with Crippen molar-refractivity contribution in [3.63, 3.8) is 0 Å². The van der Waals surface area contributed by atoms with Gasteiger partial charge in [-0.2, -0.15) is 0 Å². The molecule has 10 heteroatoms. The Morgan fingerprint density at radius 3 is 2.42 bits per heavy atom. The molecular weight excluding hydrogens is 570 g/mol. The van der Waals surface area contributed by atoms with Gasteiger partial charge in [0.15, 0.2) is 11.5 Å². The number of likely N-dealkylation sites (N-methyl/N-ethyl adjacent to an activating group) is 1. The fourth-order valence-corrected chi connectivity index (χ4v) is 5.60. The van der Waals surface area contributed by atoms with E-state index in [1.807, 2.05) is 39.1 Å². The molecule has 4 aromatic rings. The molecule has 236 valence electrons. The molecule has 1 aromatic heterocycles. The molecule has 3 N–H and O–H groups in total. The van der Waals surface area contributed by atoms with E-state index in [9.17, 15) is 14.7 Å². The molecule has 3 atom stereocenters. The average molecular weight is 612 g/mol. The molecule has 3 aromatic carbocycles. The molecule has 0 radical (unpaired) electrons. The molecular formula is C35H41N5O5. The summed E-state index contributed by atoms with van der Waals surface area (Å²) in [6.07, 6.45) is -0.326. The molecule has 2 heterocycles. The fraction of sp³-hybridized carbons (Fsp3) is 0.343. The normalized spacial score (nSPS) is 17.2. The topological polar surface area (TPSA) is 120 Å². The molecule has 45 heavy (non-hydrogen) atoms. The molecule has 5 rings (SSSR count). The summed E-state index contributed by atoms with van der Waals surface area (Å²) in [5.41, 5.74) is 5.22.